The largest absolute Gasteiger partial charge is 0.204 e. The van der Waals surface area contributed by atoms with Crippen molar-refractivity contribution < 1.29 is 8.78 Å². The Morgan fingerprint density at radius 3 is 1.65 bits per heavy atom. The summed E-state index contributed by atoms with van der Waals surface area (Å²) >= 11 is 0. The van der Waals surface area contributed by atoms with E-state index in [1.54, 1.807) is 6.07 Å². The summed E-state index contributed by atoms with van der Waals surface area (Å²) in [5, 5.41) is 0. The lowest BCUT2D eigenvalue weighted by molar-refractivity contribution is 0.505. The van der Waals surface area contributed by atoms with Crippen LogP contribution in [-0.4, -0.2) is 0 Å². The molecule has 0 aliphatic rings. The van der Waals surface area contributed by atoms with Crippen LogP contribution in [0.5, 0.6) is 0 Å². The first-order chi connectivity index (χ1) is 10.8. The molecule has 23 heavy (non-hydrogen) atoms. The highest BCUT2D eigenvalue weighted by atomic mass is 19.2. The molecule has 0 heterocycles. The number of hydrogen-bond acceptors (Lipinski definition) is 0. The molecule has 2 aromatic rings. The molecule has 2 rings (SSSR count). The molecule has 2 heteroatoms. The molecule has 0 spiro atoms. The van der Waals surface area contributed by atoms with Gasteiger partial charge in [0.1, 0.15) is 0 Å². The second-order valence-corrected chi connectivity index (χ2v) is 6.93. The lowest BCUT2D eigenvalue weighted by Crippen LogP contribution is -1.95. The molecule has 0 aliphatic carbocycles. The fourth-order valence-corrected chi connectivity index (χ4v) is 2.33. The van der Waals surface area contributed by atoms with Gasteiger partial charge in [0, 0.05) is 0 Å². The minimum atomic E-state index is -0.775. The summed E-state index contributed by atoms with van der Waals surface area (Å²) in [5.41, 5.74) is 3.65. The van der Waals surface area contributed by atoms with Crippen LogP contribution in [0.3, 0.4) is 0 Å². The van der Waals surface area contributed by atoms with E-state index in [9.17, 15) is 8.78 Å². The molecular formula is C21H28F2. The second kappa shape index (κ2) is 9.44. The molecule has 0 nitrogen and oxygen atoms in total. The average Bonchev–Trinajstić information content (AvgIpc) is 2.45. The maximum absolute atomic E-state index is 12.7. The summed E-state index contributed by atoms with van der Waals surface area (Å²) in [6.07, 6.45) is 1.98. The van der Waals surface area contributed by atoms with Gasteiger partial charge in [0.15, 0.2) is 11.6 Å². The number of benzene rings is 2. The monoisotopic (exact) mass is 318 g/mol. The Labute approximate surface area is 139 Å². The van der Waals surface area contributed by atoms with Crippen LogP contribution in [0.15, 0.2) is 42.5 Å². The van der Waals surface area contributed by atoms with Crippen LogP contribution in [-0.2, 0) is 12.8 Å². The van der Waals surface area contributed by atoms with Crippen molar-refractivity contribution in [2.45, 2.75) is 47.5 Å². The smallest absolute Gasteiger partial charge is 0.159 e. The standard InChI is InChI=1S/C11H16.C10H12F2/c1-9(2)8-11-6-4-10(3)5-7-11;1-7(2)5-8-3-4-9(11)10(12)6-8/h4-7,9H,8H2,1-3H3;3-4,6-7H,5H2,1-2H3. The van der Waals surface area contributed by atoms with Crippen molar-refractivity contribution in [3.63, 3.8) is 0 Å². The van der Waals surface area contributed by atoms with Gasteiger partial charge < -0.3 is 0 Å². The van der Waals surface area contributed by atoms with Crippen molar-refractivity contribution in [3.05, 3.63) is 70.8 Å². The quantitative estimate of drug-likeness (QED) is 0.615. The van der Waals surface area contributed by atoms with Crippen molar-refractivity contribution in [1.82, 2.24) is 0 Å². The van der Waals surface area contributed by atoms with Crippen LogP contribution in [0.2, 0.25) is 0 Å². The zero-order chi connectivity index (χ0) is 17.4. The van der Waals surface area contributed by atoms with Crippen molar-refractivity contribution in [2.75, 3.05) is 0 Å². The molecule has 2 aromatic carbocycles. The van der Waals surface area contributed by atoms with E-state index in [-0.39, 0.29) is 0 Å². The molecule has 0 atom stereocenters. The first kappa shape index (κ1) is 19.3. The topological polar surface area (TPSA) is 0 Å². The van der Waals surface area contributed by atoms with E-state index in [1.807, 2.05) is 13.8 Å². The number of aryl methyl sites for hydroxylation is 1. The van der Waals surface area contributed by atoms with Crippen LogP contribution in [0.25, 0.3) is 0 Å². The Hall–Kier alpha value is -1.70. The predicted octanol–water partition coefficient (Wildman–Crippen LogP) is 6.36. The van der Waals surface area contributed by atoms with E-state index in [4.69, 9.17) is 0 Å². The van der Waals surface area contributed by atoms with E-state index in [0.717, 1.165) is 17.9 Å². The number of rotatable bonds is 4. The van der Waals surface area contributed by atoms with Crippen LogP contribution in [0, 0.1) is 30.4 Å². The molecule has 0 saturated heterocycles. The maximum Gasteiger partial charge on any atom is 0.159 e. The molecule has 0 aliphatic heterocycles. The molecule has 0 radical (unpaired) electrons. The van der Waals surface area contributed by atoms with E-state index in [2.05, 4.69) is 45.0 Å². The Balaban J connectivity index is 0.000000231. The Morgan fingerprint density at radius 2 is 1.17 bits per heavy atom. The van der Waals surface area contributed by atoms with Gasteiger partial charge in [0.05, 0.1) is 0 Å². The second-order valence-electron chi connectivity index (χ2n) is 6.93. The molecule has 0 fully saturated rings. The van der Waals surface area contributed by atoms with Crippen LogP contribution in [0.4, 0.5) is 8.78 Å². The minimum Gasteiger partial charge on any atom is -0.204 e. The average molecular weight is 318 g/mol. The zero-order valence-corrected chi connectivity index (χ0v) is 14.9. The third-order valence-corrected chi connectivity index (χ3v) is 3.39. The van der Waals surface area contributed by atoms with Gasteiger partial charge in [-0.05, 0) is 54.9 Å². The van der Waals surface area contributed by atoms with Gasteiger partial charge in [-0.15, -0.1) is 0 Å². The summed E-state index contributed by atoms with van der Waals surface area (Å²) < 4.78 is 25.1. The SMILES string of the molecule is CC(C)Cc1ccc(F)c(F)c1.Cc1ccc(CC(C)C)cc1. The minimum absolute atomic E-state index is 0.467. The van der Waals surface area contributed by atoms with Gasteiger partial charge >= 0.3 is 0 Å². The van der Waals surface area contributed by atoms with Crippen LogP contribution >= 0.6 is 0 Å². The summed E-state index contributed by atoms with van der Waals surface area (Å²) in [5.74, 6) is -0.303. The lowest BCUT2D eigenvalue weighted by Gasteiger charge is -2.04. The number of halogens is 2. The highest BCUT2D eigenvalue weighted by Crippen LogP contribution is 2.12. The third-order valence-electron chi connectivity index (χ3n) is 3.39. The Kier molecular flexibility index (Phi) is 7.94. The van der Waals surface area contributed by atoms with Crippen molar-refractivity contribution in [3.8, 4) is 0 Å². The first-order valence-electron chi connectivity index (χ1n) is 8.27. The van der Waals surface area contributed by atoms with Gasteiger partial charge in [0.25, 0.3) is 0 Å². The zero-order valence-electron chi connectivity index (χ0n) is 14.9. The number of hydrogen-bond donors (Lipinski definition) is 0. The van der Waals surface area contributed by atoms with Gasteiger partial charge in [-0.3, -0.25) is 0 Å². The summed E-state index contributed by atoms with van der Waals surface area (Å²) in [6.45, 7) is 10.7. The molecule has 0 N–H and O–H groups in total. The van der Waals surface area contributed by atoms with Crippen molar-refractivity contribution in [2.24, 2.45) is 11.8 Å². The fourth-order valence-electron chi connectivity index (χ4n) is 2.33. The predicted molar refractivity (Wildman–Crippen MR) is 94.6 cm³/mol. The molecule has 0 amide bonds. The van der Waals surface area contributed by atoms with Gasteiger partial charge in [-0.25, -0.2) is 8.78 Å². The molecule has 0 bridgehead atoms. The third kappa shape index (κ3) is 7.92. The summed E-state index contributed by atoms with van der Waals surface area (Å²) in [7, 11) is 0. The van der Waals surface area contributed by atoms with Gasteiger partial charge in [-0.1, -0.05) is 63.6 Å². The summed E-state index contributed by atoms with van der Waals surface area (Å²) in [4.78, 5) is 0. The first-order valence-corrected chi connectivity index (χ1v) is 8.27. The van der Waals surface area contributed by atoms with Crippen LogP contribution in [0.1, 0.15) is 44.4 Å². The normalized spacial score (nSPS) is 10.7. The molecular weight excluding hydrogens is 290 g/mol. The van der Waals surface area contributed by atoms with Crippen LogP contribution < -0.4 is 0 Å². The molecule has 0 aromatic heterocycles. The van der Waals surface area contributed by atoms with E-state index < -0.39 is 11.6 Å². The van der Waals surface area contributed by atoms with E-state index in [0.29, 0.717) is 5.92 Å². The molecule has 0 unspecified atom stereocenters. The highest BCUT2D eigenvalue weighted by molar-refractivity contribution is 5.21. The Morgan fingerprint density at radius 1 is 0.696 bits per heavy atom. The Bertz CT molecular complexity index is 583. The maximum atomic E-state index is 12.7. The fraction of sp³-hybridized carbons (Fsp3) is 0.429. The highest BCUT2D eigenvalue weighted by Gasteiger charge is 2.03. The lowest BCUT2D eigenvalue weighted by atomic mass is 10.0. The summed E-state index contributed by atoms with van der Waals surface area (Å²) in [6, 6.07) is 12.8. The van der Waals surface area contributed by atoms with E-state index >= 15 is 0 Å². The molecule has 126 valence electrons. The van der Waals surface area contributed by atoms with Crippen molar-refractivity contribution in [1.29, 1.82) is 0 Å². The molecule has 0 saturated carbocycles. The van der Waals surface area contributed by atoms with E-state index in [1.165, 1.54) is 29.7 Å². The van der Waals surface area contributed by atoms with Crippen molar-refractivity contribution >= 4 is 0 Å². The van der Waals surface area contributed by atoms with Gasteiger partial charge in [-0.2, -0.15) is 0 Å². The van der Waals surface area contributed by atoms with Gasteiger partial charge in [0.2, 0.25) is 0 Å².